The van der Waals surface area contributed by atoms with Crippen molar-refractivity contribution in [3.05, 3.63) is 65.8 Å². The summed E-state index contributed by atoms with van der Waals surface area (Å²) in [6.07, 6.45) is 5.49. The fourth-order valence-corrected chi connectivity index (χ4v) is 3.98. The van der Waals surface area contributed by atoms with Crippen LogP contribution in [0.1, 0.15) is 38.0 Å². The van der Waals surface area contributed by atoms with Crippen LogP contribution in [-0.4, -0.2) is 41.5 Å². The maximum absolute atomic E-state index is 14.4. The summed E-state index contributed by atoms with van der Waals surface area (Å²) in [4.78, 5) is 31.7. The molecule has 180 valence electrons. The van der Waals surface area contributed by atoms with E-state index in [4.69, 9.17) is 4.74 Å². The van der Waals surface area contributed by atoms with Crippen molar-refractivity contribution < 1.29 is 23.4 Å². The molecule has 0 bridgehead atoms. The highest BCUT2D eigenvalue weighted by molar-refractivity contribution is 5.99. The van der Waals surface area contributed by atoms with E-state index in [1.54, 1.807) is 50.0 Å². The number of ether oxygens (including phenoxy) is 1. The van der Waals surface area contributed by atoms with E-state index in [1.165, 1.54) is 11.8 Å². The lowest BCUT2D eigenvalue weighted by Crippen LogP contribution is -2.44. The molecule has 35 heavy (non-hydrogen) atoms. The van der Waals surface area contributed by atoms with Crippen molar-refractivity contribution >= 4 is 17.2 Å². The summed E-state index contributed by atoms with van der Waals surface area (Å²) >= 11 is 0. The van der Waals surface area contributed by atoms with Crippen molar-refractivity contribution in [3.63, 3.8) is 0 Å². The maximum Gasteiger partial charge on any atom is 0.268 e. The molecule has 0 saturated heterocycles. The Morgan fingerprint density at radius 1 is 1.14 bits per heavy atom. The van der Waals surface area contributed by atoms with Gasteiger partial charge in [0.2, 0.25) is 0 Å². The number of anilines is 1. The van der Waals surface area contributed by atoms with E-state index in [0.717, 1.165) is 12.1 Å². The van der Waals surface area contributed by atoms with E-state index in [1.807, 2.05) is 0 Å². The molecule has 11 heteroatoms. The molecule has 0 fully saturated rings. The number of aliphatic hydroxyl groups is 1. The number of aryl methyl sites for hydroxylation is 1. The molecular weight excluding hydrogens is 458 g/mol. The number of carbonyl (C=O) groups excluding carboxylic acids is 1. The van der Waals surface area contributed by atoms with Gasteiger partial charge in [0.05, 0.1) is 35.5 Å². The van der Waals surface area contributed by atoms with Gasteiger partial charge in [0.1, 0.15) is 11.4 Å². The molecule has 1 amide bonds. The molecule has 0 aliphatic carbocycles. The molecule has 0 radical (unpaired) electrons. The van der Waals surface area contributed by atoms with Gasteiger partial charge in [-0.3, -0.25) is 19.1 Å². The zero-order chi connectivity index (χ0) is 25.1. The minimum Gasteiger partial charge on any atom is -0.476 e. The number of fused-ring (bicyclic) bond motifs is 2. The third kappa shape index (κ3) is 3.97. The monoisotopic (exact) mass is 480 g/mol. The van der Waals surface area contributed by atoms with Crippen molar-refractivity contribution in [2.45, 2.75) is 45.9 Å². The van der Waals surface area contributed by atoms with Crippen LogP contribution in [0.25, 0.3) is 16.9 Å². The van der Waals surface area contributed by atoms with Gasteiger partial charge in [-0.2, -0.15) is 0 Å². The highest BCUT2D eigenvalue weighted by Crippen LogP contribution is 2.38. The quantitative estimate of drug-likeness (QED) is 0.478. The third-order valence-corrected chi connectivity index (χ3v) is 5.80. The highest BCUT2D eigenvalue weighted by Gasteiger charge is 2.35. The Balaban J connectivity index is 1.57. The average molecular weight is 480 g/mol. The first-order chi connectivity index (χ1) is 16.5. The van der Waals surface area contributed by atoms with E-state index in [9.17, 15) is 18.7 Å². The Hall–Kier alpha value is -3.99. The number of hydrogen-bond acceptors (Lipinski definition) is 7. The lowest BCUT2D eigenvalue weighted by atomic mass is 10.1. The number of aromatic nitrogens is 5. The molecule has 1 aliphatic rings. The molecule has 4 aromatic rings. The van der Waals surface area contributed by atoms with Crippen LogP contribution in [-0.2, 0) is 16.9 Å². The van der Waals surface area contributed by atoms with Crippen LogP contribution >= 0.6 is 0 Å². The fourth-order valence-electron chi connectivity index (χ4n) is 3.98. The van der Waals surface area contributed by atoms with Gasteiger partial charge >= 0.3 is 0 Å². The summed E-state index contributed by atoms with van der Waals surface area (Å²) < 4.78 is 35.6. The number of nitrogens with zero attached hydrogens (tertiary/aromatic N) is 6. The number of rotatable bonds is 4. The van der Waals surface area contributed by atoms with Gasteiger partial charge in [-0.25, -0.2) is 23.7 Å². The van der Waals surface area contributed by atoms with Gasteiger partial charge in [-0.1, -0.05) is 0 Å². The highest BCUT2D eigenvalue weighted by atomic mass is 19.1. The molecule has 0 unspecified atom stereocenters. The molecule has 9 nitrogen and oxygen atoms in total. The van der Waals surface area contributed by atoms with Gasteiger partial charge in [-0.15, -0.1) is 0 Å². The minimum atomic E-state index is -1.18. The second-order valence-corrected chi connectivity index (χ2v) is 8.92. The standard InChI is InChI=1S/C24H22F2N6O3/c1-12-19(11-32-18-6-15(25)5-16(26)21(18)35-13(2)22(32)33)31-10-17(27-9-20(31)30-12)14-7-28-23(29-8-14)24(3,4)34/h5-10,13,34H,11H2,1-4H3/t13-/m1/s1. The van der Waals surface area contributed by atoms with Crippen LogP contribution in [0.3, 0.4) is 0 Å². The predicted octanol–water partition coefficient (Wildman–Crippen LogP) is 3.31. The number of amides is 1. The Morgan fingerprint density at radius 2 is 1.86 bits per heavy atom. The summed E-state index contributed by atoms with van der Waals surface area (Å²) in [5.41, 5.74) is 1.79. The van der Waals surface area contributed by atoms with Crippen LogP contribution < -0.4 is 9.64 Å². The van der Waals surface area contributed by atoms with E-state index in [2.05, 4.69) is 19.9 Å². The largest absolute Gasteiger partial charge is 0.476 e. The normalized spacial score (nSPS) is 15.9. The Morgan fingerprint density at radius 3 is 2.54 bits per heavy atom. The van der Waals surface area contributed by atoms with Crippen LogP contribution in [0.5, 0.6) is 5.75 Å². The number of hydrogen-bond donors (Lipinski definition) is 1. The van der Waals surface area contributed by atoms with Crippen molar-refractivity contribution in [2.24, 2.45) is 0 Å². The summed E-state index contributed by atoms with van der Waals surface area (Å²) in [6.45, 7) is 6.49. The third-order valence-electron chi connectivity index (χ3n) is 5.80. The maximum atomic E-state index is 14.4. The van der Waals surface area contributed by atoms with Crippen molar-refractivity contribution in [3.8, 4) is 17.0 Å². The van der Waals surface area contributed by atoms with Gasteiger partial charge in [-0.05, 0) is 27.7 Å². The average Bonchev–Trinajstić information content (AvgIpc) is 3.11. The lowest BCUT2D eigenvalue weighted by Gasteiger charge is -2.33. The molecule has 0 spiro atoms. The van der Waals surface area contributed by atoms with E-state index < -0.39 is 29.2 Å². The van der Waals surface area contributed by atoms with Crippen LogP contribution in [0.4, 0.5) is 14.5 Å². The Bertz CT molecular complexity index is 1460. The van der Waals surface area contributed by atoms with Crippen LogP contribution in [0.15, 0.2) is 36.9 Å². The molecular formula is C24H22F2N6O3. The second-order valence-electron chi connectivity index (χ2n) is 8.92. The molecule has 5 rings (SSSR count). The second kappa shape index (κ2) is 8.05. The van der Waals surface area contributed by atoms with Gasteiger partial charge < -0.3 is 9.84 Å². The minimum absolute atomic E-state index is 0.00696. The van der Waals surface area contributed by atoms with E-state index in [0.29, 0.717) is 28.3 Å². The van der Waals surface area contributed by atoms with E-state index >= 15 is 0 Å². The molecule has 1 atom stereocenters. The SMILES string of the molecule is Cc1nc2cnc(-c3cnc(C(C)(C)O)nc3)cn2c1CN1C(=O)[C@@H](C)Oc2c(F)cc(F)cc21. The number of halogens is 2. The molecule has 1 N–H and O–H groups in total. The first-order valence-electron chi connectivity index (χ1n) is 10.9. The molecule has 1 aliphatic heterocycles. The van der Waals surface area contributed by atoms with Gasteiger partial charge in [0.25, 0.3) is 5.91 Å². The molecule has 0 saturated carbocycles. The topological polar surface area (TPSA) is 106 Å². The lowest BCUT2D eigenvalue weighted by molar-refractivity contribution is -0.125. The van der Waals surface area contributed by atoms with Crippen molar-refractivity contribution in [1.29, 1.82) is 0 Å². The number of carbonyl (C=O) groups is 1. The first-order valence-corrected chi connectivity index (χ1v) is 10.9. The zero-order valence-corrected chi connectivity index (χ0v) is 19.5. The summed E-state index contributed by atoms with van der Waals surface area (Å²) in [7, 11) is 0. The number of imidazole rings is 1. The Kier molecular flexibility index (Phi) is 5.24. The number of benzene rings is 1. The smallest absolute Gasteiger partial charge is 0.268 e. The summed E-state index contributed by atoms with van der Waals surface area (Å²) in [5, 5.41) is 10.1. The molecule has 4 heterocycles. The van der Waals surface area contributed by atoms with Crippen LogP contribution in [0, 0.1) is 18.6 Å². The summed E-state index contributed by atoms with van der Waals surface area (Å²) in [6, 6.07) is 1.80. The van der Waals surface area contributed by atoms with Crippen LogP contribution in [0.2, 0.25) is 0 Å². The zero-order valence-electron chi connectivity index (χ0n) is 19.5. The predicted molar refractivity (Wildman–Crippen MR) is 122 cm³/mol. The van der Waals surface area contributed by atoms with Crippen molar-refractivity contribution in [2.75, 3.05) is 4.90 Å². The van der Waals surface area contributed by atoms with Gasteiger partial charge in [0, 0.05) is 36.3 Å². The summed E-state index contributed by atoms with van der Waals surface area (Å²) in [5.74, 6) is -2.01. The van der Waals surface area contributed by atoms with Crippen molar-refractivity contribution in [1.82, 2.24) is 24.3 Å². The molecule has 3 aromatic heterocycles. The Labute approximate surface area is 199 Å². The molecule has 1 aromatic carbocycles. The first kappa shape index (κ1) is 22.8. The van der Waals surface area contributed by atoms with Gasteiger partial charge in [0.15, 0.2) is 29.1 Å². The van der Waals surface area contributed by atoms with E-state index in [-0.39, 0.29) is 23.8 Å². The fraction of sp³-hybridized carbons (Fsp3) is 0.292.